The number of allylic oxidation sites excluding steroid dienone is 10. The van der Waals surface area contributed by atoms with Crippen molar-refractivity contribution >= 4 is 12.0 Å². The third-order valence-corrected chi connectivity index (χ3v) is 5.76. The molecule has 1 N–H and O–H groups in total. The minimum absolute atomic E-state index is 0.0265. The van der Waals surface area contributed by atoms with E-state index in [1.165, 1.54) is 42.7 Å². The Morgan fingerprint density at radius 1 is 1.20 bits per heavy atom. The van der Waals surface area contributed by atoms with Crippen molar-refractivity contribution in [2.75, 3.05) is 6.54 Å². The zero-order valence-corrected chi connectivity index (χ0v) is 24.2. The summed E-state index contributed by atoms with van der Waals surface area (Å²) in [6.45, 7) is 25.3. The van der Waals surface area contributed by atoms with Gasteiger partial charge in [0.2, 0.25) is 0 Å². The van der Waals surface area contributed by atoms with E-state index in [0.717, 1.165) is 29.9 Å². The van der Waals surface area contributed by atoms with Crippen LogP contribution < -0.4 is 0 Å². The molecule has 1 atom stereocenters. The SMILES string of the molecule is C=C(/C(=C(C)/C(C)=C/C(O)=C(\C=NCCC)C(C)=O)C1CC=CC=C1C)C1CC1.CC.CC(C)C. The summed E-state index contributed by atoms with van der Waals surface area (Å²) in [7, 11) is 0. The highest BCUT2D eigenvalue weighted by atomic mass is 16.3. The summed E-state index contributed by atoms with van der Waals surface area (Å²) in [5.74, 6) is 1.51. The summed E-state index contributed by atoms with van der Waals surface area (Å²) in [4.78, 5) is 16.2. The molecule has 0 aromatic rings. The summed E-state index contributed by atoms with van der Waals surface area (Å²) in [5.41, 5.74) is 6.19. The van der Waals surface area contributed by atoms with Gasteiger partial charge in [-0.2, -0.15) is 0 Å². The maximum absolute atomic E-state index is 12.0. The Morgan fingerprint density at radius 2 is 1.77 bits per heavy atom. The summed E-state index contributed by atoms with van der Waals surface area (Å²) >= 11 is 0. The zero-order chi connectivity index (χ0) is 27.1. The number of carbonyl (C=O) groups is 1. The Kier molecular flexibility index (Phi) is 15.9. The number of ketones is 1. The lowest BCUT2D eigenvalue weighted by atomic mass is 9.78. The van der Waals surface area contributed by atoms with Crippen LogP contribution in [0.2, 0.25) is 0 Å². The lowest BCUT2D eigenvalue weighted by Gasteiger charge is -2.27. The van der Waals surface area contributed by atoms with E-state index in [0.29, 0.717) is 18.4 Å². The summed E-state index contributed by atoms with van der Waals surface area (Å²) in [5, 5.41) is 10.6. The van der Waals surface area contributed by atoms with Crippen molar-refractivity contribution in [3.05, 3.63) is 70.1 Å². The van der Waals surface area contributed by atoms with Crippen molar-refractivity contribution in [3.8, 4) is 0 Å². The molecule has 0 spiro atoms. The molecule has 0 amide bonds. The molecule has 0 aliphatic heterocycles. The molecule has 3 heteroatoms. The lowest BCUT2D eigenvalue weighted by molar-refractivity contribution is -0.113. The monoisotopic (exact) mass is 481 g/mol. The van der Waals surface area contributed by atoms with Crippen molar-refractivity contribution in [1.29, 1.82) is 0 Å². The molecule has 1 fully saturated rings. The molecular weight excluding hydrogens is 430 g/mol. The second-order valence-electron chi connectivity index (χ2n) is 9.92. The molecule has 0 saturated heterocycles. The van der Waals surface area contributed by atoms with Crippen molar-refractivity contribution in [2.24, 2.45) is 22.7 Å². The Morgan fingerprint density at radius 3 is 2.23 bits per heavy atom. The zero-order valence-electron chi connectivity index (χ0n) is 24.2. The Bertz CT molecular complexity index is 884. The number of hydrogen-bond acceptors (Lipinski definition) is 3. The summed E-state index contributed by atoms with van der Waals surface area (Å²) in [6.07, 6.45) is 14.0. The van der Waals surface area contributed by atoms with Gasteiger partial charge in [0.25, 0.3) is 0 Å². The van der Waals surface area contributed by atoms with Gasteiger partial charge >= 0.3 is 0 Å². The van der Waals surface area contributed by atoms with Gasteiger partial charge in [-0.15, -0.1) is 0 Å². The number of Topliss-reactive ketones (excluding diaryl/α,β-unsaturated/α-hetero) is 1. The molecule has 2 aliphatic rings. The van der Waals surface area contributed by atoms with Crippen molar-refractivity contribution < 1.29 is 9.90 Å². The van der Waals surface area contributed by atoms with Crippen LogP contribution in [0.5, 0.6) is 0 Å². The molecule has 3 nitrogen and oxygen atoms in total. The van der Waals surface area contributed by atoms with Gasteiger partial charge in [0.15, 0.2) is 5.78 Å². The van der Waals surface area contributed by atoms with Crippen LogP contribution in [0.25, 0.3) is 0 Å². The number of aliphatic hydroxyl groups excluding tert-OH is 1. The molecule has 0 aromatic heterocycles. The average molecular weight is 482 g/mol. The van der Waals surface area contributed by atoms with Gasteiger partial charge in [-0.25, -0.2) is 0 Å². The molecule has 196 valence electrons. The van der Waals surface area contributed by atoms with E-state index in [1.54, 1.807) is 6.08 Å². The first kappa shape index (κ1) is 32.6. The van der Waals surface area contributed by atoms with Crippen molar-refractivity contribution in [1.82, 2.24) is 0 Å². The molecule has 2 rings (SSSR count). The predicted octanol–water partition coefficient (Wildman–Crippen LogP) is 9.31. The second kappa shape index (κ2) is 17.1. The van der Waals surface area contributed by atoms with E-state index in [-0.39, 0.29) is 17.1 Å². The minimum Gasteiger partial charge on any atom is -0.507 e. The topological polar surface area (TPSA) is 49.7 Å². The smallest absolute Gasteiger partial charge is 0.165 e. The fourth-order valence-corrected chi connectivity index (χ4v) is 3.69. The van der Waals surface area contributed by atoms with Crippen LogP contribution in [0.15, 0.2) is 75.1 Å². The molecule has 0 radical (unpaired) electrons. The van der Waals surface area contributed by atoms with E-state index < -0.39 is 0 Å². The van der Waals surface area contributed by atoms with E-state index in [4.69, 9.17) is 0 Å². The molecule has 1 unspecified atom stereocenters. The van der Waals surface area contributed by atoms with Crippen molar-refractivity contribution in [2.45, 2.75) is 94.9 Å². The van der Waals surface area contributed by atoms with Gasteiger partial charge in [-0.05, 0) is 93.6 Å². The van der Waals surface area contributed by atoms with Crippen LogP contribution in [0.3, 0.4) is 0 Å². The lowest BCUT2D eigenvalue weighted by Crippen LogP contribution is -2.13. The largest absolute Gasteiger partial charge is 0.507 e. The van der Waals surface area contributed by atoms with Gasteiger partial charge in [0, 0.05) is 18.7 Å². The highest BCUT2D eigenvalue weighted by Gasteiger charge is 2.31. The number of aliphatic imine (C=N–C) groups is 1. The molecule has 2 aliphatic carbocycles. The number of carbonyl (C=O) groups excluding carboxylic acids is 1. The molecule has 0 bridgehead atoms. The fourth-order valence-electron chi connectivity index (χ4n) is 3.69. The fraction of sp³-hybridized carbons (Fsp3) is 0.562. The van der Waals surface area contributed by atoms with Crippen LogP contribution in [0.1, 0.15) is 94.9 Å². The van der Waals surface area contributed by atoms with Crippen LogP contribution in [-0.4, -0.2) is 23.6 Å². The number of nitrogens with zero attached hydrogens (tertiary/aromatic N) is 1. The molecule has 1 saturated carbocycles. The molecule has 0 heterocycles. The highest BCUT2D eigenvalue weighted by molar-refractivity contribution is 6.12. The number of rotatable bonds is 9. The highest BCUT2D eigenvalue weighted by Crippen LogP contribution is 2.45. The number of hydrogen-bond donors (Lipinski definition) is 1. The Hall–Kier alpha value is -2.42. The van der Waals surface area contributed by atoms with Crippen LogP contribution in [0.4, 0.5) is 0 Å². The molecule has 0 aromatic carbocycles. The van der Waals surface area contributed by atoms with Crippen molar-refractivity contribution in [3.63, 3.8) is 0 Å². The van der Waals surface area contributed by atoms with Crippen LogP contribution >= 0.6 is 0 Å². The van der Waals surface area contributed by atoms with Crippen LogP contribution in [-0.2, 0) is 4.79 Å². The Balaban J connectivity index is 0.00000174. The normalized spacial score (nSPS) is 19.1. The third-order valence-electron chi connectivity index (χ3n) is 5.76. The van der Waals surface area contributed by atoms with Gasteiger partial charge in [-0.3, -0.25) is 9.79 Å². The average Bonchev–Trinajstić information content (AvgIpc) is 3.64. The van der Waals surface area contributed by atoms with E-state index in [1.807, 2.05) is 27.7 Å². The van der Waals surface area contributed by atoms with Gasteiger partial charge in [0.1, 0.15) is 5.76 Å². The quantitative estimate of drug-likeness (QED) is 0.154. The van der Waals surface area contributed by atoms with Gasteiger partial charge in [-0.1, -0.05) is 71.9 Å². The van der Waals surface area contributed by atoms with Crippen LogP contribution in [0, 0.1) is 17.8 Å². The molecular formula is C32H51NO2. The van der Waals surface area contributed by atoms with Gasteiger partial charge < -0.3 is 5.11 Å². The summed E-state index contributed by atoms with van der Waals surface area (Å²) < 4.78 is 0. The molecule has 35 heavy (non-hydrogen) atoms. The van der Waals surface area contributed by atoms with Gasteiger partial charge in [0.05, 0.1) is 5.57 Å². The third kappa shape index (κ3) is 11.7. The van der Waals surface area contributed by atoms with E-state index in [2.05, 4.69) is 64.4 Å². The first-order chi connectivity index (χ1) is 16.5. The maximum Gasteiger partial charge on any atom is 0.165 e. The predicted molar refractivity (Wildman–Crippen MR) is 155 cm³/mol. The van der Waals surface area contributed by atoms with E-state index in [9.17, 15) is 9.90 Å². The first-order valence-corrected chi connectivity index (χ1v) is 13.4. The number of aliphatic hydroxyl groups is 1. The first-order valence-electron chi connectivity index (χ1n) is 13.4. The summed E-state index contributed by atoms with van der Waals surface area (Å²) in [6, 6.07) is 0. The minimum atomic E-state index is -0.188. The standard InChI is InChI=1S/C26H35NO2.C4H10.C2H6/c1-7-14-27-16-24(21(6)28)25(29)15-18(3)19(4)26(20(5)22-12-13-22)23-11-9-8-10-17(23)2;1-4(2)3;1-2/h8-10,15-16,22-23,29H,5,7,11-14H2,1-4,6H3;4H,1-3H3;1-2H3/b18-15+,25-24-,26-19-,27-16?;;. The Labute approximate surface area is 216 Å². The second-order valence-corrected chi connectivity index (χ2v) is 9.92. The van der Waals surface area contributed by atoms with E-state index >= 15 is 0 Å². The maximum atomic E-state index is 12.0.